The maximum Gasteiger partial charge on any atom is 0.220 e. The standard InChI is InChI=1S/C12H13NO2/c14-11(9-4-2-1-3-5-9)8-10-6-7-12(15)13-10/h1-5,10H,6-8H2,(H,13,15)/t10-/m0/s1. The summed E-state index contributed by atoms with van der Waals surface area (Å²) < 4.78 is 0. The van der Waals surface area contributed by atoms with E-state index < -0.39 is 0 Å². The smallest absolute Gasteiger partial charge is 0.220 e. The summed E-state index contributed by atoms with van der Waals surface area (Å²) in [7, 11) is 0. The Balaban J connectivity index is 1.96. The minimum Gasteiger partial charge on any atom is -0.353 e. The van der Waals surface area contributed by atoms with Crippen LogP contribution < -0.4 is 5.32 Å². The topological polar surface area (TPSA) is 46.2 Å². The van der Waals surface area contributed by atoms with E-state index in [0.29, 0.717) is 12.8 Å². The molecule has 1 saturated heterocycles. The fourth-order valence-electron chi connectivity index (χ4n) is 1.80. The van der Waals surface area contributed by atoms with Gasteiger partial charge in [-0.25, -0.2) is 0 Å². The quantitative estimate of drug-likeness (QED) is 0.757. The van der Waals surface area contributed by atoms with E-state index in [4.69, 9.17) is 0 Å². The van der Waals surface area contributed by atoms with Gasteiger partial charge < -0.3 is 5.32 Å². The number of carbonyl (C=O) groups excluding carboxylic acids is 2. The molecule has 2 rings (SSSR count). The lowest BCUT2D eigenvalue weighted by molar-refractivity contribution is -0.119. The number of rotatable bonds is 3. The van der Waals surface area contributed by atoms with Crippen molar-refractivity contribution in [2.75, 3.05) is 0 Å². The molecule has 1 aromatic rings. The van der Waals surface area contributed by atoms with Gasteiger partial charge in [0.2, 0.25) is 5.91 Å². The molecule has 15 heavy (non-hydrogen) atoms. The fraction of sp³-hybridized carbons (Fsp3) is 0.333. The lowest BCUT2D eigenvalue weighted by Crippen LogP contribution is -2.27. The van der Waals surface area contributed by atoms with Crippen LogP contribution >= 0.6 is 0 Å². The van der Waals surface area contributed by atoms with Crippen molar-refractivity contribution in [2.24, 2.45) is 0 Å². The highest BCUT2D eigenvalue weighted by atomic mass is 16.2. The normalized spacial score (nSPS) is 20.0. The highest BCUT2D eigenvalue weighted by molar-refractivity contribution is 5.96. The van der Waals surface area contributed by atoms with E-state index in [0.717, 1.165) is 12.0 Å². The molecule has 0 aliphatic carbocycles. The van der Waals surface area contributed by atoms with Crippen LogP contribution in [0.5, 0.6) is 0 Å². The average Bonchev–Trinajstić information content (AvgIpc) is 2.65. The SMILES string of the molecule is O=C1CC[C@@H](CC(=O)c2ccccc2)N1. The molecular formula is C12H13NO2. The van der Waals surface area contributed by atoms with E-state index in [1.165, 1.54) is 0 Å². The monoisotopic (exact) mass is 203 g/mol. The summed E-state index contributed by atoms with van der Waals surface area (Å²) in [5.41, 5.74) is 0.721. The molecule has 1 atom stereocenters. The van der Waals surface area contributed by atoms with Gasteiger partial charge in [-0.15, -0.1) is 0 Å². The summed E-state index contributed by atoms with van der Waals surface area (Å²) in [5.74, 6) is 0.156. The summed E-state index contributed by atoms with van der Waals surface area (Å²) in [6.07, 6.45) is 1.74. The van der Waals surface area contributed by atoms with Gasteiger partial charge in [0.25, 0.3) is 0 Å². The number of ketones is 1. The third kappa shape index (κ3) is 2.43. The lowest BCUT2D eigenvalue weighted by atomic mass is 10.0. The molecular weight excluding hydrogens is 190 g/mol. The molecule has 1 amide bonds. The Morgan fingerprint density at radius 3 is 2.67 bits per heavy atom. The first-order chi connectivity index (χ1) is 7.25. The Bertz CT molecular complexity index is 372. The zero-order chi connectivity index (χ0) is 10.7. The first-order valence-corrected chi connectivity index (χ1v) is 5.13. The maximum atomic E-state index is 11.8. The predicted octanol–water partition coefficient (Wildman–Crippen LogP) is 1.54. The molecule has 1 aromatic carbocycles. The number of benzene rings is 1. The van der Waals surface area contributed by atoms with Gasteiger partial charge in [0.05, 0.1) is 0 Å². The van der Waals surface area contributed by atoms with Gasteiger partial charge in [-0.1, -0.05) is 30.3 Å². The summed E-state index contributed by atoms with van der Waals surface area (Å²) in [6, 6.07) is 9.22. The second-order valence-corrected chi connectivity index (χ2v) is 3.80. The highest BCUT2D eigenvalue weighted by Crippen LogP contribution is 2.13. The molecule has 0 saturated carbocycles. The van der Waals surface area contributed by atoms with E-state index in [1.807, 2.05) is 18.2 Å². The van der Waals surface area contributed by atoms with Crippen LogP contribution in [0, 0.1) is 0 Å². The van der Waals surface area contributed by atoms with Gasteiger partial charge in [0.15, 0.2) is 5.78 Å². The van der Waals surface area contributed by atoms with Gasteiger partial charge in [-0.2, -0.15) is 0 Å². The zero-order valence-electron chi connectivity index (χ0n) is 8.40. The van der Waals surface area contributed by atoms with Crippen molar-refractivity contribution in [2.45, 2.75) is 25.3 Å². The summed E-state index contributed by atoms with van der Waals surface area (Å²) in [5, 5.41) is 2.79. The van der Waals surface area contributed by atoms with Crippen LogP contribution in [-0.4, -0.2) is 17.7 Å². The zero-order valence-corrected chi connectivity index (χ0v) is 8.40. The van der Waals surface area contributed by atoms with Crippen molar-refractivity contribution >= 4 is 11.7 Å². The minimum atomic E-state index is 0.0326. The summed E-state index contributed by atoms with van der Waals surface area (Å²) in [4.78, 5) is 22.7. The van der Waals surface area contributed by atoms with E-state index in [1.54, 1.807) is 12.1 Å². The van der Waals surface area contributed by atoms with Crippen LogP contribution in [0.4, 0.5) is 0 Å². The Morgan fingerprint density at radius 1 is 1.33 bits per heavy atom. The molecule has 1 aliphatic rings. The summed E-state index contributed by atoms with van der Waals surface area (Å²) >= 11 is 0. The second-order valence-electron chi connectivity index (χ2n) is 3.80. The van der Waals surface area contributed by atoms with Gasteiger partial charge in [0.1, 0.15) is 0 Å². The molecule has 0 radical (unpaired) electrons. The Labute approximate surface area is 88.5 Å². The molecule has 0 aromatic heterocycles. The predicted molar refractivity (Wildman–Crippen MR) is 56.6 cm³/mol. The average molecular weight is 203 g/mol. The van der Waals surface area contributed by atoms with Gasteiger partial charge in [0, 0.05) is 24.4 Å². The highest BCUT2D eigenvalue weighted by Gasteiger charge is 2.23. The summed E-state index contributed by atoms with van der Waals surface area (Å²) in [6.45, 7) is 0. The Hall–Kier alpha value is -1.64. The Morgan fingerprint density at radius 2 is 2.07 bits per heavy atom. The lowest BCUT2D eigenvalue weighted by Gasteiger charge is -2.08. The largest absolute Gasteiger partial charge is 0.353 e. The molecule has 0 bridgehead atoms. The van der Waals surface area contributed by atoms with Gasteiger partial charge in [-0.05, 0) is 6.42 Å². The van der Waals surface area contributed by atoms with Crippen molar-refractivity contribution in [3.63, 3.8) is 0 Å². The minimum absolute atomic E-state index is 0.0326. The first kappa shape index (κ1) is 9.90. The number of hydrogen-bond donors (Lipinski definition) is 1. The van der Waals surface area contributed by atoms with Crippen molar-refractivity contribution in [1.82, 2.24) is 5.32 Å². The number of hydrogen-bond acceptors (Lipinski definition) is 2. The van der Waals surface area contributed by atoms with Crippen molar-refractivity contribution in [3.05, 3.63) is 35.9 Å². The van der Waals surface area contributed by atoms with E-state index >= 15 is 0 Å². The van der Waals surface area contributed by atoms with E-state index in [9.17, 15) is 9.59 Å². The first-order valence-electron chi connectivity index (χ1n) is 5.13. The van der Waals surface area contributed by atoms with Gasteiger partial charge >= 0.3 is 0 Å². The molecule has 3 nitrogen and oxygen atoms in total. The van der Waals surface area contributed by atoms with Crippen LogP contribution in [0.15, 0.2) is 30.3 Å². The molecule has 1 heterocycles. The van der Waals surface area contributed by atoms with Crippen LogP contribution in [0.1, 0.15) is 29.6 Å². The third-order valence-corrected chi connectivity index (χ3v) is 2.61. The number of carbonyl (C=O) groups is 2. The van der Waals surface area contributed by atoms with Crippen molar-refractivity contribution in [3.8, 4) is 0 Å². The number of Topliss-reactive ketones (excluding diaryl/α,β-unsaturated/α-hetero) is 1. The molecule has 3 heteroatoms. The molecule has 1 aliphatic heterocycles. The second kappa shape index (κ2) is 4.26. The van der Waals surface area contributed by atoms with Crippen molar-refractivity contribution in [1.29, 1.82) is 0 Å². The fourth-order valence-corrected chi connectivity index (χ4v) is 1.80. The van der Waals surface area contributed by atoms with Crippen LogP contribution in [0.2, 0.25) is 0 Å². The molecule has 0 spiro atoms. The number of amides is 1. The maximum absolute atomic E-state index is 11.8. The number of nitrogens with one attached hydrogen (secondary N) is 1. The Kier molecular flexibility index (Phi) is 2.81. The molecule has 1 N–H and O–H groups in total. The van der Waals surface area contributed by atoms with E-state index in [2.05, 4.69) is 5.32 Å². The molecule has 1 fully saturated rings. The van der Waals surface area contributed by atoms with Gasteiger partial charge in [-0.3, -0.25) is 9.59 Å². The molecule has 0 unspecified atom stereocenters. The van der Waals surface area contributed by atoms with Crippen LogP contribution in [0.25, 0.3) is 0 Å². The van der Waals surface area contributed by atoms with Crippen LogP contribution in [0.3, 0.4) is 0 Å². The van der Waals surface area contributed by atoms with Crippen LogP contribution in [-0.2, 0) is 4.79 Å². The van der Waals surface area contributed by atoms with Crippen molar-refractivity contribution < 1.29 is 9.59 Å². The third-order valence-electron chi connectivity index (χ3n) is 2.61. The van der Waals surface area contributed by atoms with E-state index in [-0.39, 0.29) is 17.7 Å². The molecule has 78 valence electrons.